The van der Waals surface area contributed by atoms with Gasteiger partial charge in [0.2, 0.25) is 0 Å². The molecule has 0 radical (unpaired) electrons. The van der Waals surface area contributed by atoms with Crippen molar-refractivity contribution in [1.29, 1.82) is 0 Å². The monoisotopic (exact) mass is 209 g/mol. The van der Waals surface area contributed by atoms with Crippen molar-refractivity contribution in [3.8, 4) is 0 Å². The first-order chi connectivity index (χ1) is 6.93. The van der Waals surface area contributed by atoms with E-state index in [1.807, 2.05) is 13.1 Å². The maximum absolute atomic E-state index is 5.95. The molecule has 0 saturated carbocycles. The lowest BCUT2D eigenvalue weighted by molar-refractivity contribution is 0.485. The zero-order valence-electron chi connectivity index (χ0n) is 10.5. The fourth-order valence-electron chi connectivity index (χ4n) is 1.82. The zero-order valence-corrected chi connectivity index (χ0v) is 10.5. The molecule has 0 aliphatic rings. The van der Waals surface area contributed by atoms with Crippen LogP contribution < -0.4 is 5.73 Å². The van der Waals surface area contributed by atoms with E-state index in [0.29, 0.717) is 12.0 Å². The lowest BCUT2D eigenvalue weighted by atomic mass is 10.0. The molecule has 0 aromatic carbocycles. The normalized spacial score (nSPS) is 13.9. The van der Waals surface area contributed by atoms with Crippen LogP contribution in [0.5, 0.6) is 0 Å². The molecule has 0 fully saturated rings. The summed E-state index contributed by atoms with van der Waals surface area (Å²) in [6, 6.07) is 0.484. The van der Waals surface area contributed by atoms with E-state index in [1.54, 1.807) is 0 Å². The molecule has 0 aliphatic carbocycles. The molecule has 0 saturated heterocycles. The van der Waals surface area contributed by atoms with Gasteiger partial charge in [-0.1, -0.05) is 13.8 Å². The van der Waals surface area contributed by atoms with Gasteiger partial charge < -0.3 is 5.73 Å². The number of aromatic nitrogens is 2. The van der Waals surface area contributed by atoms with Gasteiger partial charge in [-0.15, -0.1) is 0 Å². The van der Waals surface area contributed by atoms with E-state index in [9.17, 15) is 0 Å². The molecule has 1 rings (SSSR count). The maximum atomic E-state index is 5.95. The lowest BCUT2D eigenvalue weighted by Crippen LogP contribution is -2.14. The van der Waals surface area contributed by atoms with Gasteiger partial charge in [-0.25, -0.2) is 0 Å². The average Bonchev–Trinajstić information content (AvgIpc) is 2.46. The Bertz CT molecular complexity index is 285. The van der Waals surface area contributed by atoms with Gasteiger partial charge in [0.15, 0.2) is 0 Å². The highest BCUT2D eigenvalue weighted by Crippen LogP contribution is 2.21. The van der Waals surface area contributed by atoms with Crippen LogP contribution >= 0.6 is 0 Å². The number of hydrogen-bond donors (Lipinski definition) is 1. The van der Waals surface area contributed by atoms with Gasteiger partial charge in [-0.3, -0.25) is 4.68 Å². The first kappa shape index (κ1) is 12.2. The van der Waals surface area contributed by atoms with Gasteiger partial charge in [-0.05, 0) is 33.1 Å². The van der Waals surface area contributed by atoms with Crippen LogP contribution in [-0.2, 0) is 6.42 Å². The fourth-order valence-corrected chi connectivity index (χ4v) is 1.82. The van der Waals surface area contributed by atoms with Crippen molar-refractivity contribution in [3.05, 3.63) is 17.5 Å². The van der Waals surface area contributed by atoms with Crippen LogP contribution in [0.25, 0.3) is 0 Å². The quantitative estimate of drug-likeness (QED) is 0.828. The summed E-state index contributed by atoms with van der Waals surface area (Å²) < 4.78 is 2.10. The van der Waals surface area contributed by atoms with E-state index < -0.39 is 0 Å². The van der Waals surface area contributed by atoms with Crippen molar-refractivity contribution in [2.45, 2.75) is 53.1 Å². The molecule has 3 nitrogen and oxygen atoms in total. The minimum atomic E-state index is 0.0752. The third-order valence-corrected chi connectivity index (χ3v) is 2.51. The van der Waals surface area contributed by atoms with E-state index in [-0.39, 0.29) is 6.04 Å². The van der Waals surface area contributed by atoms with Gasteiger partial charge in [0.25, 0.3) is 0 Å². The SMILES string of the molecule is CC(C)Cc1c(C(C)N)cnn1C(C)C. The van der Waals surface area contributed by atoms with E-state index in [2.05, 4.69) is 37.5 Å². The number of nitrogens with zero attached hydrogens (tertiary/aromatic N) is 2. The van der Waals surface area contributed by atoms with E-state index >= 15 is 0 Å². The Hall–Kier alpha value is -0.830. The first-order valence-corrected chi connectivity index (χ1v) is 5.75. The second-order valence-electron chi connectivity index (χ2n) is 4.97. The van der Waals surface area contributed by atoms with Crippen LogP contribution in [0.4, 0.5) is 0 Å². The highest BCUT2D eigenvalue weighted by molar-refractivity contribution is 5.22. The van der Waals surface area contributed by atoms with Crippen molar-refractivity contribution >= 4 is 0 Å². The summed E-state index contributed by atoms with van der Waals surface area (Å²) in [4.78, 5) is 0. The van der Waals surface area contributed by atoms with Crippen molar-refractivity contribution in [1.82, 2.24) is 9.78 Å². The highest BCUT2D eigenvalue weighted by atomic mass is 15.3. The lowest BCUT2D eigenvalue weighted by Gasteiger charge is -2.15. The summed E-state index contributed by atoms with van der Waals surface area (Å²) in [6.07, 6.45) is 2.97. The van der Waals surface area contributed by atoms with E-state index in [1.165, 1.54) is 11.3 Å². The molecule has 2 N–H and O–H groups in total. The molecule has 0 aliphatic heterocycles. The molecule has 3 heteroatoms. The average molecular weight is 209 g/mol. The molecular formula is C12H23N3. The minimum absolute atomic E-state index is 0.0752. The van der Waals surface area contributed by atoms with Crippen LogP contribution in [0.2, 0.25) is 0 Å². The molecule has 1 atom stereocenters. The summed E-state index contributed by atoms with van der Waals surface area (Å²) in [5, 5.41) is 4.43. The number of rotatable bonds is 4. The molecule has 86 valence electrons. The largest absolute Gasteiger partial charge is 0.324 e. The third-order valence-electron chi connectivity index (χ3n) is 2.51. The Kier molecular flexibility index (Phi) is 3.91. The molecule has 15 heavy (non-hydrogen) atoms. The summed E-state index contributed by atoms with van der Waals surface area (Å²) in [7, 11) is 0. The van der Waals surface area contributed by atoms with Crippen molar-refractivity contribution in [2.24, 2.45) is 11.7 Å². The fraction of sp³-hybridized carbons (Fsp3) is 0.750. The van der Waals surface area contributed by atoms with Crippen LogP contribution in [0.15, 0.2) is 6.20 Å². The molecule has 1 aromatic rings. The minimum Gasteiger partial charge on any atom is -0.324 e. The van der Waals surface area contributed by atoms with Crippen molar-refractivity contribution < 1.29 is 0 Å². The third kappa shape index (κ3) is 2.81. The maximum Gasteiger partial charge on any atom is 0.0540 e. The predicted octanol–water partition coefficient (Wildman–Crippen LogP) is 2.68. The Labute approximate surface area is 92.7 Å². The summed E-state index contributed by atoms with van der Waals surface area (Å²) in [6.45, 7) is 10.8. The summed E-state index contributed by atoms with van der Waals surface area (Å²) in [5.41, 5.74) is 8.44. The smallest absolute Gasteiger partial charge is 0.0540 e. The Morgan fingerprint density at radius 1 is 1.27 bits per heavy atom. The molecule has 0 spiro atoms. The van der Waals surface area contributed by atoms with Crippen LogP contribution in [0.3, 0.4) is 0 Å². The van der Waals surface area contributed by atoms with Gasteiger partial charge in [0.05, 0.1) is 6.20 Å². The van der Waals surface area contributed by atoms with Gasteiger partial charge in [0, 0.05) is 23.3 Å². The molecule has 1 unspecified atom stereocenters. The topological polar surface area (TPSA) is 43.8 Å². The molecule has 0 amide bonds. The predicted molar refractivity (Wildman–Crippen MR) is 63.8 cm³/mol. The van der Waals surface area contributed by atoms with Crippen molar-refractivity contribution in [2.75, 3.05) is 0 Å². The molecule has 1 heterocycles. The Morgan fingerprint density at radius 2 is 1.87 bits per heavy atom. The summed E-state index contributed by atoms with van der Waals surface area (Å²) in [5.74, 6) is 0.636. The molecule has 0 bridgehead atoms. The zero-order chi connectivity index (χ0) is 11.6. The van der Waals surface area contributed by atoms with Gasteiger partial charge in [-0.2, -0.15) is 5.10 Å². The number of nitrogens with two attached hydrogens (primary N) is 1. The molecule has 1 aromatic heterocycles. The van der Waals surface area contributed by atoms with Crippen LogP contribution in [-0.4, -0.2) is 9.78 Å². The van der Waals surface area contributed by atoms with E-state index in [4.69, 9.17) is 5.73 Å². The van der Waals surface area contributed by atoms with Gasteiger partial charge in [0.1, 0.15) is 0 Å². The van der Waals surface area contributed by atoms with E-state index in [0.717, 1.165) is 6.42 Å². The molecular weight excluding hydrogens is 186 g/mol. The Morgan fingerprint density at radius 3 is 2.27 bits per heavy atom. The highest BCUT2D eigenvalue weighted by Gasteiger charge is 2.16. The van der Waals surface area contributed by atoms with Crippen LogP contribution in [0, 0.1) is 5.92 Å². The van der Waals surface area contributed by atoms with Crippen LogP contribution in [0.1, 0.15) is 58.0 Å². The number of hydrogen-bond acceptors (Lipinski definition) is 2. The first-order valence-electron chi connectivity index (χ1n) is 5.75. The van der Waals surface area contributed by atoms with Crippen molar-refractivity contribution in [3.63, 3.8) is 0 Å². The Balaban J connectivity index is 3.08. The van der Waals surface area contributed by atoms with Gasteiger partial charge >= 0.3 is 0 Å². The second-order valence-corrected chi connectivity index (χ2v) is 4.97. The standard InChI is InChI=1S/C12H23N3/c1-8(2)6-12-11(10(5)13)7-14-15(12)9(3)4/h7-10H,6,13H2,1-5H3. The summed E-state index contributed by atoms with van der Waals surface area (Å²) >= 11 is 0. The second kappa shape index (κ2) is 4.79.